The molecule has 152 valence electrons. The number of carbonyl (C=O) groups is 2. The third-order valence-corrected chi connectivity index (χ3v) is 5.28. The fourth-order valence-corrected chi connectivity index (χ4v) is 3.85. The zero-order valence-electron chi connectivity index (χ0n) is 15.9. The van der Waals surface area contributed by atoms with Crippen LogP contribution in [0.25, 0.3) is 16.9 Å². The van der Waals surface area contributed by atoms with Gasteiger partial charge in [-0.15, -0.1) is 5.10 Å². The lowest BCUT2D eigenvalue weighted by atomic mass is 10.0. The molecule has 1 aromatic carbocycles. The third-order valence-electron chi connectivity index (χ3n) is 5.28. The number of nitrogens with one attached hydrogen (secondary N) is 1. The van der Waals surface area contributed by atoms with Gasteiger partial charge < -0.3 is 14.8 Å². The lowest BCUT2D eigenvalue weighted by Gasteiger charge is -2.16. The highest BCUT2D eigenvalue weighted by molar-refractivity contribution is 5.94. The van der Waals surface area contributed by atoms with Crippen molar-refractivity contribution in [2.24, 2.45) is 0 Å². The van der Waals surface area contributed by atoms with Gasteiger partial charge in [0.2, 0.25) is 0 Å². The first-order valence-electron chi connectivity index (χ1n) is 9.28. The van der Waals surface area contributed by atoms with Crippen molar-refractivity contribution in [3.63, 3.8) is 0 Å². The molecule has 0 bridgehead atoms. The molecule has 11 nitrogen and oxygen atoms in total. The molecule has 0 aliphatic carbocycles. The first-order valence-corrected chi connectivity index (χ1v) is 9.28. The van der Waals surface area contributed by atoms with E-state index in [1.807, 2.05) is 24.3 Å². The number of pyridine rings is 1. The lowest BCUT2D eigenvalue weighted by molar-refractivity contribution is 0.123. The molecule has 0 radical (unpaired) electrons. The minimum absolute atomic E-state index is 0.166. The minimum Gasteiger partial charge on any atom is -0.453 e. The van der Waals surface area contributed by atoms with E-state index in [1.165, 1.54) is 18.1 Å². The number of benzene rings is 1. The number of ether oxygens (including phenoxy) is 2. The molecule has 0 spiro atoms. The maximum absolute atomic E-state index is 12.4. The normalized spacial score (nSPS) is 19.2. The van der Waals surface area contributed by atoms with Crippen LogP contribution in [0.5, 0.6) is 0 Å². The summed E-state index contributed by atoms with van der Waals surface area (Å²) in [6.07, 6.45) is 2.47. The summed E-state index contributed by atoms with van der Waals surface area (Å²) >= 11 is 0. The number of anilines is 1. The number of hydrogen-bond donors (Lipinski definition) is 1. The molecule has 11 heteroatoms. The van der Waals surface area contributed by atoms with E-state index >= 15 is 0 Å². The van der Waals surface area contributed by atoms with Crippen LogP contribution < -0.4 is 10.2 Å². The van der Waals surface area contributed by atoms with Gasteiger partial charge in [0.15, 0.2) is 5.82 Å². The predicted molar refractivity (Wildman–Crippen MR) is 103 cm³/mol. The Balaban J connectivity index is 1.37. The molecular weight excluding hydrogens is 390 g/mol. The van der Waals surface area contributed by atoms with Crippen molar-refractivity contribution in [3.05, 3.63) is 48.4 Å². The summed E-state index contributed by atoms with van der Waals surface area (Å²) in [6.45, 7) is 0.197. The third kappa shape index (κ3) is 3.00. The van der Waals surface area contributed by atoms with Crippen LogP contribution in [-0.2, 0) is 15.9 Å². The number of tetrazole rings is 1. The number of cyclic esters (lactones) is 1. The molecule has 2 aromatic heterocycles. The van der Waals surface area contributed by atoms with E-state index in [4.69, 9.17) is 4.74 Å². The predicted octanol–water partition coefficient (Wildman–Crippen LogP) is 1.33. The average molecular weight is 407 g/mol. The van der Waals surface area contributed by atoms with Crippen LogP contribution >= 0.6 is 0 Å². The second-order valence-corrected chi connectivity index (χ2v) is 6.94. The van der Waals surface area contributed by atoms with Crippen molar-refractivity contribution < 1.29 is 19.1 Å². The standard InChI is InChI=1S/C19H17N7O4/c1-29-18(27)21-9-16-15-7-13-6-11(2-4-14(13)26(15)19(28)30-16)12-3-5-17(20-8-12)25-10-22-23-24-25/h2-6,8,10,15-16H,7,9H2,1H3,(H,21,27)/t15?,16-/m0/s1. The molecule has 5 rings (SSSR count). The first kappa shape index (κ1) is 18.0. The molecule has 4 heterocycles. The molecule has 0 saturated carbocycles. The molecule has 3 aromatic rings. The van der Waals surface area contributed by atoms with Gasteiger partial charge in [0.1, 0.15) is 12.4 Å². The van der Waals surface area contributed by atoms with Gasteiger partial charge in [0, 0.05) is 11.8 Å². The fourth-order valence-electron chi connectivity index (χ4n) is 3.85. The molecule has 2 atom stereocenters. The molecule has 2 amide bonds. The Morgan fingerprint density at radius 2 is 2.17 bits per heavy atom. The molecule has 1 fully saturated rings. The molecule has 1 unspecified atom stereocenters. The largest absolute Gasteiger partial charge is 0.453 e. The molecule has 2 aliphatic rings. The van der Waals surface area contributed by atoms with Gasteiger partial charge in [0.25, 0.3) is 0 Å². The van der Waals surface area contributed by atoms with Gasteiger partial charge in [-0.05, 0) is 52.2 Å². The van der Waals surface area contributed by atoms with Crippen molar-refractivity contribution in [1.82, 2.24) is 30.5 Å². The molecule has 2 aliphatic heterocycles. The van der Waals surface area contributed by atoms with Gasteiger partial charge in [-0.2, -0.15) is 4.68 Å². The quantitative estimate of drug-likeness (QED) is 0.687. The number of rotatable bonds is 4. The second kappa shape index (κ2) is 7.10. The van der Waals surface area contributed by atoms with E-state index in [-0.39, 0.29) is 12.6 Å². The summed E-state index contributed by atoms with van der Waals surface area (Å²) in [5, 5.41) is 13.6. The fraction of sp³-hybridized carbons (Fsp3) is 0.263. The zero-order valence-corrected chi connectivity index (χ0v) is 15.9. The Bertz CT molecular complexity index is 1100. The Labute approximate surface area is 170 Å². The van der Waals surface area contributed by atoms with Crippen LogP contribution in [0, 0.1) is 0 Å². The van der Waals surface area contributed by atoms with Crippen LogP contribution in [0.15, 0.2) is 42.9 Å². The first-order chi connectivity index (χ1) is 14.6. The van der Waals surface area contributed by atoms with E-state index in [0.717, 1.165) is 22.4 Å². The summed E-state index contributed by atoms with van der Waals surface area (Å²) < 4.78 is 11.5. The van der Waals surface area contributed by atoms with Crippen LogP contribution in [0.1, 0.15) is 5.56 Å². The molecule has 30 heavy (non-hydrogen) atoms. The van der Waals surface area contributed by atoms with Crippen molar-refractivity contribution >= 4 is 17.9 Å². The Morgan fingerprint density at radius 3 is 2.90 bits per heavy atom. The number of alkyl carbamates (subject to hydrolysis) is 1. The van der Waals surface area contributed by atoms with Gasteiger partial charge in [-0.3, -0.25) is 4.90 Å². The smallest absolute Gasteiger partial charge is 0.415 e. The SMILES string of the molecule is COC(=O)NC[C@@H]1OC(=O)N2c3ccc(-c4ccc(-n5cnnn5)nc4)cc3CC12. The van der Waals surface area contributed by atoms with Crippen LogP contribution in [0.4, 0.5) is 15.3 Å². The summed E-state index contributed by atoms with van der Waals surface area (Å²) in [5.74, 6) is 0.620. The summed E-state index contributed by atoms with van der Waals surface area (Å²) in [4.78, 5) is 29.8. The summed E-state index contributed by atoms with van der Waals surface area (Å²) in [6, 6.07) is 9.53. The topological polar surface area (TPSA) is 124 Å². The number of carbonyl (C=O) groups excluding carboxylic acids is 2. The molecule has 1 saturated heterocycles. The van der Waals surface area contributed by atoms with Crippen molar-refractivity contribution in [2.75, 3.05) is 18.6 Å². The average Bonchev–Trinajstić information content (AvgIpc) is 3.49. The lowest BCUT2D eigenvalue weighted by Crippen LogP contribution is -2.40. The number of nitrogens with zero attached hydrogens (tertiary/aromatic N) is 6. The number of methoxy groups -OCH3 is 1. The number of amides is 2. The zero-order chi connectivity index (χ0) is 20.7. The van der Waals surface area contributed by atoms with Gasteiger partial charge >= 0.3 is 12.2 Å². The highest BCUT2D eigenvalue weighted by atomic mass is 16.6. The van der Waals surface area contributed by atoms with Gasteiger partial charge in [0.05, 0.1) is 25.4 Å². The highest BCUT2D eigenvalue weighted by Gasteiger charge is 2.47. The monoisotopic (exact) mass is 407 g/mol. The summed E-state index contributed by atoms with van der Waals surface area (Å²) in [7, 11) is 1.29. The summed E-state index contributed by atoms with van der Waals surface area (Å²) in [5.41, 5.74) is 3.80. The van der Waals surface area contributed by atoms with E-state index in [0.29, 0.717) is 12.2 Å². The number of aromatic nitrogens is 5. The Kier molecular flexibility index (Phi) is 4.27. The maximum atomic E-state index is 12.4. The maximum Gasteiger partial charge on any atom is 0.415 e. The van der Waals surface area contributed by atoms with E-state index in [9.17, 15) is 9.59 Å². The van der Waals surface area contributed by atoms with Crippen molar-refractivity contribution in [2.45, 2.75) is 18.6 Å². The van der Waals surface area contributed by atoms with Crippen LogP contribution in [0.2, 0.25) is 0 Å². The Morgan fingerprint density at radius 1 is 1.30 bits per heavy atom. The number of fused-ring (bicyclic) bond motifs is 3. The van der Waals surface area contributed by atoms with Crippen molar-refractivity contribution in [1.29, 1.82) is 0 Å². The van der Waals surface area contributed by atoms with Crippen LogP contribution in [0.3, 0.4) is 0 Å². The van der Waals surface area contributed by atoms with E-state index in [1.54, 1.807) is 11.1 Å². The van der Waals surface area contributed by atoms with Crippen LogP contribution in [-0.4, -0.2) is 63.2 Å². The highest BCUT2D eigenvalue weighted by Crippen LogP contribution is 2.40. The number of hydrogen-bond acceptors (Lipinski definition) is 8. The Hall–Kier alpha value is -4.02. The molecular formula is C19H17N7O4. The van der Waals surface area contributed by atoms with E-state index < -0.39 is 18.3 Å². The van der Waals surface area contributed by atoms with E-state index in [2.05, 4.69) is 36.6 Å². The van der Waals surface area contributed by atoms with Crippen molar-refractivity contribution in [3.8, 4) is 16.9 Å². The van der Waals surface area contributed by atoms with Gasteiger partial charge in [-0.1, -0.05) is 6.07 Å². The molecule has 1 N–H and O–H groups in total. The second-order valence-electron chi connectivity index (χ2n) is 6.94. The minimum atomic E-state index is -0.556. The van der Waals surface area contributed by atoms with Gasteiger partial charge in [-0.25, -0.2) is 14.6 Å².